The molecule has 2 rings (SSSR count). The number of ether oxygens (including phenoxy) is 2. The Morgan fingerprint density at radius 3 is 2.77 bits per heavy atom. The number of fused-ring (bicyclic) bond motifs is 1. The average Bonchev–Trinajstić information content (AvgIpc) is 2.91. The van der Waals surface area contributed by atoms with Crippen LogP contribution in [-0.4, -0.2) is 25.7 Å². The summed E-state index contributed by atoms with van der Waals surface area (Å²) in [6.45, 7) is 2.40. The topological polar surface area (TPSA) is 65.7 Å². The Morgan fingerprint density at radius 1 is 1.27 bits per heavy atom. The van der Waals surface area contributed by atoms with Crippen molar-refractivity contribution in [1.82, 2.24) is 0 Å². The molecule has 0 radical (unpaired) electrons. The van der Waals surface area contributed by atoms with Crippen molar-refractivity contribution in [3.05, 3.63) is 41.7 Å². The molecule has 1 aromatic heterocycles. The number of carbonyl (C=O) groups excluding carboxylic acids is 2. The summed E-state index contributed by atoms with van der Waals surface area (Å²) in [7, 11) is 1.28. The van der Waals surface area contributed by atoms with Crippen LogP contribution in [-0.2, 0) is 14.3 Å². The zero-order chi connectivity index (χ0) is 15.9. The Hall–Kier alpha value is -2.56. The minimum atomic E-state index is -0.588. The van der Waals surface area contributed by atoms with E-state index in [-0.39, 0.29) is 5.76 Å². The van der Waals surface area contributed by atoms with Crippen molar-refractivity contribution >= 4 is 29.0 Å². The van der Waals surface area contributed by atoms with Crippen LogP contribution in [0.25, 0.3) is 17.0 Å². The molecule has 0 N–H and O–H groups in total. The number of esters is 2. The molecule has 5 nitrogen and oxygen atoms in total. The summed E-state index contributed by atoms with van der Waals surface area (Å²) in [5.41, 5.74) is 1.07. The average molecular weight is 302 g/mol. The normalized spacial score (nSPS) is 11.0. The minimum absolute atomic E-state index is 0.0707. The highest BCUT2D eigenvalue weighted by Gasteiger charge is 2.19. The second-order valence-corrected chi connectivity index (χ2v) is 4.69. The van der Waals surface area contributed by atoms with Crippen LogP contribution in [0.1, 0.15) is 35.9 Å². The highest BCUT2D eigenvalue weighted by Crippen LogP contribution is 2.27. The minimum Gasteiger partial charge on any atom is -0.463 e. The smallest absolute Gasteiger partial charge is 0.374 e. The summed E-state index contributed by atoms with van der Waals surface area (Å²) < 4.78 is 15.3. The van der Waals surface area contributed by atoms with Gasteiger partial charge in [0.05, 0.1) is 13.7 Å². The van der Waals surface area contributed by atoms with Gasteiger partial charge in [-0.15, -0.1) is 0 Å². The summed E-state index contributed by atoms with van der Waals surface area (Å²) in [4.78, 5) is 23.4. The van der Waals surface area contributed by atoms with E-state index >= 15 is 0 Å². The van der Waals surface area contributed by atoms with Gasteiger partial charge in [-0.25, -0.2) is 9.59 Å². The van der Waals surface area contributed by atoms with E-state index in [0.29, 0.717) is 17.8 Å². The maximum absolute atomic E-state index is 11.8. The lowest BCUT2D eigenvalue weighted by molar-refractivity contribution is -0.137. The van der Waals surface area contributed by atoms with Crippen LogP contribution in [0.4, 0.5) is 0 Å². The molecule has 0 amide bonds. The van der Waals surface area contributed by atoms with Crippen LogP contribution < -0.4 is 0 Å². The Morgan fingerprint density at radius 2 is 2.05 bits per heavy atom. The quantitative estimate of drug-likeness (QED) is 0.463. The molecule has 0 atom stereocenters. The second kappa shape index (κ2) is 7.45. The fraction of sp³-hybridized carbons (Fsp3) is 0.294. The van der Waals surface area contributed by atoms with Crippen LogP contribution in [0.5, 0.6) is 0 Å². The maximum Gasteiger partial charge on any atom is 0.374 e. The first-order valence-corrected chi connectivity index (χ1v) is 7.12. The lowest BCUT2D eigenvalue weighted by atomic mass is 10.1. The van der Waals surface area contributed by atoms with Gasteiger partial charge in [-0.05, 0) is 18.6 Å². The summed E-state index contributed by atoms with van der Waals surface area (Å²) in [5, 5.41) is 0.737. The van der Waals surface area contributed by atoms with Crippen molar-refractivity contribution in [1.29, 1.82) is 0 Å². The molecule has 1 aromatic carbocycles. The molecule has 1 heterocycles. The predicted octanol–water partition coefficient (Wildman–Crippen LogP) is 3.58. The van der Waals surface area contributed by atoms with E-state index in [1.54, 1.807) is 12.1 Å². The van der Waals surface area contributed by atoms with E-state index in [9.17, 15) is 9.59 Å². The van der Waals surface area contributed by atoms with Gasteiger partial charge in [0.1, 0.15) is 5.58 Å². The molecule has 2 aromatic rings. The first kappa shape index (κ1) is 15.8. The molecule has 5 heteroatoms. The number of carbonyl (C=O) groups is 2. The third kappa shape index (κ3) is 3.55. The highest BCUT2D eigenvalue weighted by molar-refractivity contribution is 6.02. The molecule has 0 saturated carbocycles. The first-order valence-electron chi connectivity index (χ1n) is 7.12. The van der Waals surface area contributed by atoms with E-state index in [4.69, 9.17) is 13.9 Å². The second-order valence-electron chi connectivity index (χ2n) is 4.69. The molecule has 0 aliphatic carbocycles. The SMILES string of the molecule is CCCCOC(=O)/C=C/c1c(C(=O)OC)oc2ccccc12. The van der Waals surface area contributed by atoms with Crippen molar-refractivity contribution in [2.24, 2.45) is 0 Å². The molecule has 0 bridgehead atoms. The Bertz CT molecular complexity index is 696. The van der Waals surface area contributed by atoms with Gasteiger partial charge < -0.3 is 13.9 Å². The molecule has 0 aliphatic rings. The van der Waals surface area contributed by atoms with Gasteiger partial charge in [0.15, 0.2) is 0 Å². The zero-order valence-corrected chi connectivity index (χ0v) is 12.6. The van der Waals surface area contributed by atoms with Gasteiger partial charge in [0.2, 0.25) is 5.76 Å². The summed E-state index contributed by atoms with van der Waals surface area (Å²) in [6, 6.07) is 7.20. The van der Waals surface area contributed by atoms with E-state index in [0.717, 1.165) is 18.2 Å². The van der Waals surface area contributed by atoms with Gasteiger partial charge >= 0.3 is 11.9 Å². The van der Waals surface area contributed by atoms with Crippen LogP contribution >= 0.6 is 0 Å². The maximum atomic E-state index is 11.8. The number of rotatable bonds is 6. The fourth-order valence-electron chi connectivity index (χ4n) is 1.99. The monoisotopic (exact) mass is 302 g/mol. The number of unbranched alkanes of at least 4 members (excludes halogenated alkanes) is 1. The Kier molecular flexibility index (Phi) is 5.36. The van der Waals surface area contributed by atoms with Crippen LogP contribution in [0.15, 0.2) is 34.8 Å². The molecular formula is C17H18O5. The van der Waals surface area contributed by atoms with E-state index in [1.807, 2.05) is 19.1 Å². The molecule has 0 unspecified atom stereocenters. The Labute approximate surface area is 128 Å². The standard InChI is InChI=1S/C17H18O5/c1-3-4-11-21-15(18)10-9-13-12-7-5-6-8-14(12)22-16(13)17(19)20-2/h5-10H,3-4,11H2,1-2H3/b10-9+. The summed E-state index contributed by atoms with van der Waals surface area (Å²) in [6.07, 6.45) is 4.59. The fourth-order valence-corrected chi connectivity index (χ4v) is 1.99. The van der Waals surface area contributed by atoms with Crippen molar-refractivity contribution < 1.29 is 23.5 Å². The zero-order valence-electron chi connectivity index (χ0n) is 12.6. The molecule has 0 aliphatic heterocycles. The van der Waals surface area contributed by atoms with Gasteiger partial charge in [0.25, 0.3) is 0 Å². The Balaban J connectivity index is 2.28. The highest BCUT2D eigenvalue weighted by atomic mass is 16.5. The largest absolute Gasteiger partial charge is 0.463 e. The molecule has 116 valence electrons. The lowest BCUT2D eigenvalue weighted by Crippen LogP contribution is -2.03. The lowest BCUT2D eigenvalue weighted by Gasteiger charge is -1.99. The van der Waals surface area contributed by atoms with E-state index in [2.05, 4.69) is 0 Å². The molecule has 0 fully saturated rings. The third-order valence-corrected chi connectivity index (χ3v) is 3.13. The summed E-state index contributed by atoms with van der Waals surface area (Å²) in [5.74, 6) is -0.967. The van der Waals surface area contributed by atoms with Crippen molar-refractivity contribution in [2.75, 3.05) is 13.7 Å². The third-order valence-electron chi connectivity index (χ3n) is 3.13. The number of benzene rings is 1. The van der Waals surface area contributed by atoms with E-state index in [1.165, 1.54) is 19.3 Å². The molecule has 22 heavy (non-hydrogen) atoms. The van der Waals surface area contributed by atoms with Crippen LogP contribution in [0.3, 0.4) is 0 Å². The van der Waals surface area contributed by atoms with Gasteiger partial charge in [-0.1, -0.05) is 31.5 Å². The summed E-state index contributed by atoms with van der Waals surface area (Å²) >= 11 is 0. The van der Waals surface area contributed by atoms with Gasteiger partial charge in [0, 0.05) is 17.0 Å². The van der Waals surface area contributed by atoms with Crippen LogP contribution in [0, 0.1) is 0 Å². The molecule has 0 spiro atoms. The van der Waals surface area contributed by atoms with Gasteiger partial charge in [-0.2, -0.15) is 0 Å². The van der Waals surface area contributed by atoms with E-state index < -0.39 is 11.9 Å². The van der Waals surface area contributed by atoms with Crippen molar-refractivity contribution in [2.45, 2.75) is 19.8 Å². The molecular weight excluding hydrogens is 284 g/mol. The number of para-hydroxylation sites is 1. The van der Waals surface area contributed by atoms with Gasteiger partial charge in [-0.3, -0.25) is 0 Å². The number of hydrogen-bond acceptors (Lipinski definition) is 5. The molecule has 0 saturated heterocycles. The number of methoxy groups -OCH3 is 1. The number of hydrogen-bond donors (Lipinski definition) is 0. The van der Waals surface area contributed by atoms with Crippen LogP contribution in [0.2, 0.25) is 0 Å². The van der Waals surface area contributed by atoms with Crippen molar-refractivity contribution in [3.8, 4) is 0 Å². The van der Waals surface area contributed by atoms with Crippen molar-refractivity contribution in [3.63, 3.8) is 0 Å². The predicted molar refractivity (Wildman–Crippen MR) is 82.5 cm³/mol. The number of furan rings is 1. The first-order chi connectivity index (χ1) is 10.7.